The van der Waals surface area contributed by atoms with Crippen LogP contribution in [0.4, 0.5) is 0 Å². The van der Waals surface area contributed by atoms with Crippen LogP contribution < -0.4 is 0 Å². The highest BCUT2D eigenvalue weighted by molar-refractivity contribution is 4.88. The van der Waals surface area contributed by atoms with Crippen molar-refractivity contribution in [1.29, 1.82) is 0 Å². The van der Waals surface area contributed by atoms with Crippen LogP contribution in [-0.4, -0.2) is 39.4 Å². The SMILES string of the molecule is O[C@@H]1CON(Cc2ncccn2)C1. The van der Waals surface area contributed by atoms with Crippen LogP contribution in [0.2, 0.25) is 0 Å². The van der Waals surface area contributed by atoms with E-state index in [4.69, 9.17) is 4.84 Å². The number of aliphatic hydroxyl groups is 1. The molecule has 0 saturated carbocycles. The van der Waals surface area contributed by atoms with Crippen LogP contribution >= 0.6 is 0 Å². The van der Waals surface area contributed by atoms with Gasteiger partial charge in [-0.25, -0.2) is 9.97 Å². The van der Waals surface area contributed by atoms with E-state index in [1.54, 1.807) is 23.5 Å². The molecule has 0 amide bonds. The molecule has 1 N–H and O–H groups in total. The van der Waals surface area contributed by atoms with Gasteiger partial charge in [-0.15, -0.1) is 0 Å². The maximum absolute atomic E-state index is 9.17. The fraction of sp³-hybridized carbons (Fsp3) is 0.500. The average Bonchev–Trinajstić information content (AvgIpc) is 2.53. The van der Waals surface area contributed by atoms with E-state index < -0.39 is 0 Å². The maximum atomic E-state index is 9.17. The largest absolute Gasteiger partial charge is 0.389 e. The predicted molar refractivity (Wildman–Crippen MR) is 44.4 cm³/mol. The summed E-state index contributed by atoms with van der Waals surface area (Å²) in [5.41, 5.74) is 0. The maximum Gasteiger partial charge on any atom is 0.144 e. The number of rotatable bonds is 2. The van der Waals surface area contributed by atoms with Gasteiger partial charge in [-0.3, -0.25) is 4.84 Å². The molecule has 0 aromatic carbocycles. The van der Waals surface area contributed by atoms with E-state index in [9.17, 15) is 5.11 Å². The third-order valence-corrected chi connectivity index (χ3v) is 1.80. The lowest BCUT2D eigenvalue weighted by molar-refractivity contribution is -0.119. The zero-order valence-corrected chi connectivity index (χ0v) is 7.13. The zero-order chi connectivity index (χ0) is 9.10. The molecule has 2 rings (SSSR count). The molecule has 70 valence electrons. The number of aliphatic hydroxyl groups excluding tert-OH is 1. The zero-order valence-electron chi connectivity index (χ0n) is 7.13. The number of nitrogens with zero attached hydrogens (tertiary/aromatic N) is 3. The Balaban J connectivity index is 1.92. The quantitative estimate of drug-likeness (QED) is 0.671. The average molecular weight is 181 g/mol. The standard InChI is InChI=1S/C8H11N3O2/c12-7-4-11(13-6-7)5-8-9-2-1-3-10-8/h1-3,7,12H,4-6H2/t7-/m0/s1. The second-order valence-corrected chi connectivity index (χ2v) is 2.94. The molecule has 1 fully saturated rings. The van der Waals surface area contributed by atoms with Crippen LogP contribution in [0.25, 0.3) is 0 Å². The molecule has 0 radical (unpaired) electrons. The normalized spacial score (nSPS) is 23.6. The van der Waals surface area contributed by atoms with Gasteiger partial charge in [-0.05, 0) is 6.07 Å². The molecule has 0 spiro atoms. The third kappa shape index (κ3) is 2.21. The minimum atomic E-state index is -0.385. The Bertz CT molecular complexity index is 267. The van der Waals surface area contributed by atoms with Crippen LogP contribution in [0.3, 0.4) is 0 Å². The highest BCUT2D eigenvalue weighted by Crippen LogP contribution is 2.07. The second kappa shape index (κ2) is 3.78. The van der Waals surface area contributed by atoms with E-state index in [2.05, 4.69) is 9.97 Å². The number of hydrogen-bond acceptors (Lipinski definition) is 5. The Kier molecular flexibility index (Phi) is 2.49. The second-order valence-electron chi connectivity index (χ2n) is 2.94. The van der Waals surface area contributed by atoms with Gasteiger partial charge >= 0.3 is 0 Å². The van der Waals surface area contributed by atoms with Crippen molar-refractivity contribution in [3.05, 3.63) is 24.3 Å². The molecule has 0 bridgehead atoms. The molecule has 0 aliphatic carbocycles. The molecule has 5 heteroatoms. The van der Waals surface area contributed by atoms with Crippen molar-refractivity contribution in [2.75, 3.05) is 13.2 Å². The summed E-state index contributed by atoms with van der Waals surface area (Å²) in [7, 11) is 0. The van der Waals surface area contributed by atoms with E-state index in [1.807, 2.05) is 0 Å². The molecule has 0 unspecified atom stereocenters. The van der Waals surface area contributed by atoms with Crippen LogP contribution in [0.5, 0.6) is 0 Å². The van der Waals surface area contributed by atoms with E-state index in [0.29, 0.717) is 25.5 Å². The Labute approximate surface area is 75.9 Å². The van der Waals surface area contributed by atoms with Crippen molar-refractivity contribution in [2.24, 2.45) is 0 Å². The number of hydroxylamine groups is 2. The minimum Gasteiger partial charge on any atom is -0.389 e. The summed E-state index contributed by atoms with van der Waals surface area (Å²) in [6, 6.07) is 1.77. The first-order chi connectivity index (χ1) is 6.34. The first-order valence-corrected chi connectivity index (χ1v) is 4.16. The fourth-order valence-electron chi connectivity index (χ4n) is 1.21. The molecule has 13 heavy (non-hydrogen) atoms. The summed E-state index contributed by atoms with van der Waals surface area (Å²) >= 11 is 0. The molecule has 1 aliphatic heterocycles. The van der Waals surface area contributed by atoms with E-state index in [0.717, 1.165) is 0 Å². The lowest BCUT2D eigenvalue weighted by Crippen LogP contribution is -2.21. The van der Waals surface area contributed by atoms with E-state index in [1.165, 1.54) is 0 Å². The molecule has 1 aromatic heterocycles. The summed E-state index contributed by atoms with van der Waals surface area (Å²) in [6.07, 6.45) is 2.99. The minimum absolute atomic E-state index is 0.368. The summed E-state index contributed by atoms with van der Waals surface area (Å²) in [4.78, 5) is 13.3. The van der Waals surface area contributed by atoms with Gasteiger partial charge in [0.25, 0.3) is 0 Å². The number of hydrogen-bond donors (Lipinski definition) is 1. The highest BCUT2D eigenvalue weighted by Gasteiger charge is 2.21. The predicted octanol–water partition coefficient (Wildman–Crippen LogP) is -0.415. The molecule has 5 nitrogen and oxygen atoms in total. The van der Waals surface area contributed by atoms with Gasteiger partial charge < -0.3 is 5.11 Å². The summed E-state index contributed by atoms with van der Waals surface area (Å²) < 4.78 is 0. The van der Waals surface area contributed by atoms with E-state index in [-0.39, 0.29) is 6.10 Å². The van der Waals surface area contributed by atoms with Gasteiger partial charge in [-0.2, -0.15) is 5.06 Å². The molecular weight excluding hydrogens is 170 g/mol. The monoisotopic (exact) mass is 181 g/mol. The van der Waals surface area contributed by atoms with Crippen LogP contribution in [0, 0.1) is 0 Å². The summed E-state index contributed by atoms with van der Waals surface area (Å²) in [6.45, 7) is 1.42. The molecule has 1 saturated heterocycles. The summed E-state index contributed by atoms with van der Waals surface area (Å²) in [5.74, 6) is 0.705. The van der Waals surface area contributed by atoms with Gasteiger partial charge in [0.1, 0.15) is 5.82 Å². The Morgan fingerprint density at radius 2 is 2.31 bits per heavy atom. The van der Waals surface area contributed by atoms with Gasteiger partial charge in [0.05, 0.1) is 25.8 Å². The van der Waals surface area contributed by atoms with Crippen molar-refractivity contribution < 1.29 is 9.94 Å². The smallest absolute Gasteiger partial charge is 0.144 e. The van der Waals surface area contributed by atoms with Crippen molar-refractivity contribution in [3.63, 3.8) is 0 Å². The van der Waals surface area contributed by atoms with Crippen molar-refractivity contribution >= 4 is 0 Å². The molecule has 1 atom stereocenters. The van der Waals surface area contributed by atoms with Crippen LogP contribution in [-0.2, 0) is 11.4 Å². The molecule has 1 aromatic rings. The van der Waals surface area contributed by atoms with Crippen molar-refractivity contribution in [1.82, 2.24) is 15.0 Å². The van der Waals surface area contributed by atoms with E-state index >= 15 is 0 Å². The number of β-amino-alcohol motifs (C(OH)–C–C–N with tert-alkyl or cyclic N) is 1. The highest BCUT2D eigenvalue weighted by atomic mass is 16.7. The molecular formula is C8H11N3O2. The van der Waals surface area contributed by atoms with Gasteiger partial charge in [0.2, 0.25) is 0 Å². The van der Waals surface area contributed by atoms with Gasteiger partial charge in [0, 0.05) is 12.4 Å². The van der Waals surface area contributed by atoms with Crippen LogP contribution in [0.1, 0.15) is 5.82 Å². The Hall–Kier alpha value is -1.04. The Morgan fingerprint density at radius 3 is 2.92 bits per heavy atom. The first-order valence-electron chi connectivity index (χ1n) is 4.16. The number of aromatic nitrogens is 2. The van der Waals surface area contributed by atoms with Crippen molar-refractivity contribution in [2.45, 2.75) is 12.6 Å². The molecule has 2 heterocycles. The van der Waals surface area contributed by atoms with Crippen LogP contribution in [0.15, 0.2) is 18.5 Å². The summed E-state index contributed by atoms with van der Waals surface area (Å²) in [5, 5.41) is 10.8. The topological polar surface area (TPSA) is 58.5 Å². The Morgan fingerprint density at radius 1 is 1.54 bits per heavy atom. The lowest BCUT2D eigenvalue weighted by atomic mass is 10.4. The fourth-order valence-corrected chi connectivity index (χ4v) is 1.21. The van der Waals surface area contributed by atoms with Gasteiger partial charge in [0.15, 0.2) is 0 Å². The van der Waals surface area contributed by atoms with Gasteiger partial charge in [-0.1, -0.05) is 0 Å². The lowest BCUT2D eigenvalue weighted by Gasteiger charge is -2.11. The third-order valence-electron chi connectivity index (χ3n) is 1.80. The molecule has 1 aliphatic rings. The first kappa shape index (κ1) is 8.55. The van der Waals surface area contributed by atoms with Crippen molar-refractivity contribution in [3.8, 4) is 0 Å².